The molecule has 176 valence electrons. The minimum Gasteiger partial charge on any atom is -0.508 e. The predicted molar refractivity (Wildman–Crippen MR) is 131 cm³/mol. The van der Waals surface area contributed by atoms with Crippen molar-refractivity contribution < 1.29 is 14.6 Å². The van der Waals surface area contributed by atoms with E-state index in [4.69, 9.17) is 4.74 Å². The summed E-state index contributed by atoms with van der Waals surface area (Å²) >= 11 is 0. The summed E-state index contributed by atoms with van der Waals surface area (Å²) < 4.78 is 5.74. The molecule has 0 atom stereocenters. The molecule has 0 bridgehead atoms. The Balaban J connectivity index is 1.51. The zero-order valence-electron chi connectivity index (χ0n) is 20.0. The van der Waals surface area contributed by atoms with Crippen molar-refractivity contribution in [3.8, 4) is 11.5 Å². The predicted octanol–water partition coefficient (Wildman–Crippen LogP) is 3.98. The van der Waals surface area contributed by atoms with Crippen LogP contribution < -0.4 is 4.74 Å². The van der Waals surface area contributed by atoms with E-state index in [2.05, 4.69) is 41.6 Å². The van der Waals surface area contributed by atoms with Gasteiger partial charge in [-0.2, -0.15) is 0 Å². The van der Waals surface area contributed by atoms with Crippen molar-refractivity contribution in [1.82, 2.24) is 14.7 Å². The lowest BCUT2D eigenvalue weighted by molar-refractivity contribution is 0.0747. The van der Waals surface area contributed by atoms with Crippen molar-refractivity contribution >= 4 is 5.91 Å². The van der Waals surface area contributed by atoms with E-state index in [0.29, 0.717) is 24.4 Å². The van der Waals surface area contributed by atoms with E-state index in [1.54, 1.807) is 18.2 Å². The second kappa shape index (κ2) is 9.98. The molecular formula is C27H35N3O3. The van der Waals surface area contributed by atoms with Crippen molar-refractivity contribution in [3.05, 3.63) is 70.8 Å². The zero-order valence-corrected chi connectivity index (χ0v) is 20.0. The molecule has 1 amide bonds. The normalized spacial score (nSPS) is 16.8. The molecule has 1 saturated heterocycles. The van der Waals surface area contributed by atoms with Crippen LogP contribution >= 0.6 is 0 Å². The first-order valence-corrected chi connectivity index (χ1v) is 11.8. The molecule has 6 heteroatoms. The fourth-order valence-electron chi connectivity index (χ4n) is 4.61. The number of hydrogen-bond acceptors (Lipinski definition) is 5. The summed E-state index contributed by atoms with van der Waals surface area (Å²) in [6.45, 7) is 14.5. The number of phenolic OH excluding ortho intramolecular Hbond substituents is 1. The molecular weight excluding hydrogens is 414 g/mol. The quantitative estimate of drug-likeness (QED) is 0.648. The maximum Gasteiger partial charge on any atom is 0.258 e. The number of likely N-dealkylation sites (N-methyl/N-ethyl adjacent to an activating group) is 1. The highest BCUT2D eigenvalue weighted by molar-refractivity contribution is 5.97. The third-order valence-electron chi connectivity index (χ3n) is 6.62. The summed E-state index contributed by atoms with van der Waals surface area (Å²) in [5.74, 6) is 0.568. The van der Waals surface area contributed by atoms with E-state index in [9.17, 15) is 9.90 Å². The van der Waals surface area contributed by atoms with Gasteiger partial charge in [0.05, 0.1) is 5.56 Å². The summed E-state index contributed by atoms with van der Waals surface area (Å²) in [4.78, 5) is 20.3. The highest BCUT2D eigenvalue weighted by Crippen LogP contribution is 2.35. The molecule has 0 spiro atoms. The molecule has 0 aliphatic carbocycles. The Kier molecular flexibility index (Phi) is 7.05. The fourth-order valence-corrected chi connectivity index (χ4v) is 4.61. The zero-order chi connectivity index (χ0) is 23.5. The molecule has 33 heavy (non-hydrogen) atoms. The Morgan fingerprint density at radius 1 is 1.12 bits per heavy atom. The van der Waals surface area contributed by atoms with Crippen molar-refractivity contribution in [2.24, 2.45) is 0 Å². The molecule has 4 rings (SSSR count). The summed E-state index contributed by atoms with van der Waals surface area (Å²) in [5.41, 5.74) is 4.95. The number of amides is 1. The third kappa shape index (κ3) is 5.23. The molecule has 2 heterocycles. The third-order valence-corrected chi connectivity index (χ3v) is 6.62. The van der Waals surface area contributed by atoms with E-state index in [1.165, 1.54) is 16.7 Å². The van der Waals surface area contributed by atoms with Crippen LogP contribution in [-0.4, -0.2) is 65.5 Å². The second-order valence-electron chi connectivity index (χ2n) is 9.51. The van der Waals surface area contributed by atoms with E-state index < -0.39 is 0 Å². The van der Waals surface area contributed by atoms with Crippen LogP contribution in [0.5, 0.6) is 11.5 Å². The molecule has 1 N–H and O–H groups in total. The summed E-state index contributed by atoms with van der Waals surface area (Å²) in [6.07, 6.45) is 1.63. The topological polar surface area (TPSA) is 56.3 Å². The molecule has 6 nitrogen and oxygen atoms in total. The Morgan fingerprint density at radius 2 is 1.85 bits per heavy atom. The van der Waals surface area contributed by atoms with Gasteiger partial charge in [-0.25, -0.2) is 0 Å². The van der Waals surface area contributed by atoms with Gasteiger partial charge >= 0.3 is 0 Å². The number of ether oxygens (including phenoxy) is 1. The average Bonchev–Trinajstić information content (AvgIpc) is 3.22. The molecule has 2 aromatic carbocycles. The number of nitrogens with zero attached hydrogens (tertiary/aromatic N) is 3. The summed E-state index contributed by atoms with van der Waals surface area (Å²) in [5, 5.41) is 10.4. The minimum atomic E-state index is -0.0761. The van der Waals surface area contributed by atoms with Gasteiger partial charge in [-0.05, 0) is 41.3 Å². The van der Waals surface area contributed by atoms with Crippen LogP contribution in [0.1, 0.15) is 52.4 Å². The number of phenols is 1. The smallest absolute Gasteiger partial charge is 0.258 e. The monoisotopic (exact) mass is 449 g/mol. The van der Waals surface area contributed by atoms with Crippen LogP contribution in [0, 0.1) is 0 Å². The molecule has 2 aliphatic rings. The molecule has 1 fully saturated rings. The van der Waals surface area contributed by atoms with Crippen LogP contribution in [0.3, 0.4) is 0 Å². The van der Waals surface area contributed by atoms with Crippen molar-refractivity contribution in [3.63, 3.8) is 0 Å². The minimum absolute atomic E-state index is 0.0761. The van der Waals surface area contributed by atoms with Crippen LogP contribution in [-0.2, 0) is 19.6 Å². The highest BCUT2D eigenvalue weighted by atomic mass is 16.5. The molecule has 2 aliphatic heterocycles. The van der Waals surface area contributed by atoms with Crippen LogP contribution in [0.4, 0.5) is 0 Å². The SMILES string of the molecule is C=CCOc1cc(O)c(C(C)C)cc1C(=O)N1Cc2ccc(CN3CCN(C)CC3)cc2C1. The van der Waals surface area contributed by atoms with Gasteiger partial charge < -0.3 is 19.6 Å². The van der Waals surface area contributed by atoms with Gasteiger partial charge in [0.15, 0.2) is 0 Å². The Morgan fingerprint density at radius 3 is 2.55 bits per heavy atom. The number of aromatic hydroxyl groups is 1. The lowest BCUT2D eigenvalue weighted by Crippen LogP contribution is -2.43. The highest BCUT2D eigenvalue weighted by Gasteiger charge is 2.28. The van der Waals surface area contributed by atoms with E-state index >= 15 is 0 Å². The van der Waals surface area contributed by atoms with E-state index in [0.717, 1.165) is 38.3 Å². The van der Waals surface area contributed by atoms with Crippen molar-refractivity contribution in [1.29, 1.82) is 0 Å². The lowest BCUT2D eigenvalue weighted by atomic mass is 9.98. The molecule has 0 saturated carbocycles. The number of carbonyl (C=O) groups excluding carboxylic acids is 1. The number of carbonyl (C=O) groups is 1. The fraction of sp³-hybridized carbons (Fsp3) is 0.444. The lowest BCUT2D eigenvalue weighted by Gasteiger charge is -2.32. The first-order valence-electron chi connectivity index (χ1n) is 11.8. The Hall–Kier alpha value is -2.83. The standard InChI is InChI=1S/C27H35N3O3/c1-5-12-33-26-15-25(31)23(19(2)3)14-24(26)27(32)30-17-21-7-6-20(13-22(21)18-30)16-29-10-8-28(4)9-11-29/h5-7,13-15,19,31H,1,8-12,16-18H2,2-4H3. The number of fused-ring (bicyclic) bond motifs is 1. The second-order valence-corrected chi connectivity index (χ2v) is 9.51. The Bertz CT molecular complexity index is 1030. The number of benzene rings is 2. The van der Waals surface area contributed by atoms with Gasteiger partial charge in [0.1, 0.15) is 18.1 Å². The van der Waals surface area contributed by atoms with Gasteiger partial charge in [0, 0.05) is 51.9 Å². The molecule has 0 unspecified atom stereocenters. The van der Waals surface area contributed by atoms with Gasteiger partial charge in [-0.15, -0.1) is 0 Å². The maximum atomic E-state index is 13.5. The Labute approximate surface area is 197 Å². The van der Waals surface area contributed by atoms with Crippen molar-refractivity contribution in [2.75, 3.05) is 39.8 Å². The first kappa shape index (κ1) is 23.3. The maximum absolute atomic E-state index is 13.5. The van der Waals surface area contributed by atoms with Gasteiger partial charge in [-0.1, -0.05) is 44.7 Å². The number of piperazine rings is 1. The largest absolute Gasteiger partial charge is 0.508 e. The van der Waals surface area contributed by atoms with Gasteiger partial charge in [-0.3, -0.25) is 9.69 Å². The van der Waals surface area contributed by atoms with E-state index in [-0.39, 0.29) is 24.2 Å². The van der Waals surface area contributed by atoms with E-state index in [1.807, 2.05) is 18.7 Å². The summed E-state index contributed by atoms with van der Waals surface area (Å²) in [7, 11) is 2.17. The average molecular weight is 450 g/mol. The molecule has 2 aromatic rings. The molecule has 0 radical (unpaired) electrons. The van der Waals surface area contributed by atoms with Crippen LogP contribution in [0.25, 0.3) is 0 Å². The molecule has 0 aromatic heterocycles. The van der Waals surface area contributed by atoms with Crippen LogP contribution in [0.15, 0.2) is 43.0 Å². The number of hydrogen-bond donors (Lipinski definition) is 1. The number of rotatable bonds is 7. The van der Waals surface area contributed by atoms with Crippen molar-refractivity contribution in [2.45, 2.75) is 39.4 Å². The first-order chi connectivity index (χ1) is 15.9. The van der Waals surface area contributed by atoms with Gasteiger partial charge in [0.25, 0.3) is 5.91 Å². The van der Waals surface area contributed by atoms with Crippen LogP contribution in [0.2, 0.25) is 0 Å². The summed E-state index contributed by atoms with van der Waals surface area (Å²) in [6, 6.07) is 9.96. The van der Waals surface area contributed by atoms with Gasteiger partial charge in [0.2, 0.25) is 0 Å².